The number of rotatable bonds is 1. The van der Waals surface area contributed by atoms with Crippen LogP contribution in [0.3, 0.4) is 0 Å². The van der Waals surface area contributed by atoms with E-state index in [1.807, 2.05) is 6.92 Å². The molecule has 0 saturated carbocycles. The van der Waals surface area contributed by atoms with Crippen LogP contribution in [-0.4, -0.2) is 30.5 Å². The van der Waals surface area contributed by atoms with Gasteiger partial charge in [0.1, 0.15) is 12.7 Å². The van der Waals surface area contributed by atoms with Gasteiger partial charge in [-0.1, -0.05) is 18.7 Å². The van der Waals surface area contributed by atoms with E-state index < -0.39 is 0 Å². The molecule has 7 heteroatoms. The predicted molar refractivity (Wildman–Crippen MR) is 58.7 cm³/mol. The van der Waals surface area contributed by atoms with Gasteiger partial charge in [-0.05, 0) is 5.75 Å². The summed E-state index contributed by atoms with van der Waals surface area (Å²) in [5.41, 5.74) is 6.51. The number of carbonyl (C=O) groups is 1. The lowest BCUT2D eigenvalue weighted by atomic mass is 10.5. The van der Waals surface area contributed by atoms with Crippen molar-refractivity contribution >= 4 is 34.0 Å². The lowest BCUT2D eigenvalue weighted by Crippen LogP contribution is -2.05. The van der Waals surface area contributed by atoms with E-state index in [1.165, 1.54) is 29.0 Å². The van der Waals surface area contributed by atoms with Gasteiger partial charge in [0.2, 0.25) is 0 Å². The third kappa shape index (κ3) is 1.65. The lowest BCUT2D eigenvalue weighted by molar-refractivity contribution is 0.262. The van der Waals surface area contributed by atoms with Crippen LogP contribution < -0.4 is 5.73 Å². The summed E-state index contributed by atoms with van der Waals surface area (Å²) in [6.07, 6.45) is 2.74. The molecule has 0 unspecified atom stereocenters. The van der Waals surface area contributed by atoms with E-state index in [4.69, 9.17) is 5.73 Å². The zero-order chi connectivity index (χ0) is 10.8. The van der Waals surface area contributed by atoms with Crippen LogP contribution in [-0.2, 0) is 0 Å². The molecule has 15 heavy (non-hydrogen) atoms. The van der Waals surface area contributed by atoms with Gasteiger partial charge in [0, 0.05) is 0 Å². The maximum atomic E-state index is 11.6. The fourth-order valence-electron chi connectivity index (χ4n) is 1.18. The van der Waals surface area contributed by atoms with Crippen LogP contribution >= 0.6 is 11.8 Å². The highest BCUT2D eigenvalue weighted by atomic mass is 32.2. The van der Waals surface area contributed by atoms with Crippen LogP contribution in [0.5, 0.6) is 0 Å². The van der Waals surface area contributed by atoms with Crippen LogP contribution in [0, 0.1) is 0 Å². The van der Waals surface area contributed by atoms with Crippen molar-refractivity contribution in [3.63, 3.8) is 0 Å². The van der Waals surface area contributed by atoms with Crippen LogP contribution in [0.2, 0.25) is 0 Å². The van der Waals surface area contributed by atoms with Crippen molar-refractivity contribution in [1.82, 2.24) is 19.5 Å². The van der Waals surface area contributed by atoms with E-state index in [-0.39, 0.29) is 11.1 Å². The molecule has 0 aliphatic carbocycles. The fourth-order valence-corrected chi connectivity index (χ4v) is 1.70. The Bertz CT molecular complexity index is 509. The Labute approximate surface area is 89.9 Å². The highest BCUT2D eigenvalue weighted by molar-refractivity contribution is 8.13. The molecule has 6 nitrogen and oxygen atoms in total. The number of nitrogens with two attached hydrogens (primary N) is 1. The molecule has 0 aliphatic heterocycles. The molecule has 2 N–H and O–H groups in total. The minimum atomic E-state index is -0.113. The molecule has 0 bridgehead atoms. The van der Waals surface area contributed by atoms with Crippen molar-refractivity contribution in [2.24, 2.45) is 0 Å². The SMILES string of the molecule is CCSC(=O)n1cnc2c(N)ncnc21. The maximum absolute atomic E-state index is 11.6. The minimum Gasteiger partial charge on any atom is -0.382 e. The van der Waals surface area contributed by atoms with Crippen LogP contribution in [0.25, 0.3) is 11.2 Å². The number of thioether (sulfide) groups is 1. The third-order valence-corrected chi connectivity index (χ3v) is 2.56. The van der Waals surface area contributed by atoms with Crippen LogP contribution in [0.1, 0.15) is 6.92 Å². The topological polar surface area (TPSA) is 86.7 Å². The molecule has 0 spiro atoms. The largest absolute Gasteiger partial charge is 0.382 e. The molecule has 0 radical (unpaired) electrons. The van der Waals surface area contributed by atoms with Crippen LogP contribution in [0.4, 0.5) is 10.6 Å². The summed E-state index contributed by atoms with van der Waals surface area (Å²) < 4.78 is 1.38. The zero-order valence-electron chi connectivity index (χ0n) is 8.04. The van der Waals surface area contributed by atoms with Crippen molar-refractivity contribution in [1.29, 1.82) is 0 Å². The number of carbonyl (C=O) groups excluding carboxylic acids is 1. The molecule has 0 saturated heterocycles. The predicted octanol–water partition coefficient (Wildman–Crippen LogP) is 1.13. The smallest absolute Gasteiger partial charge is 0.292 e. The first-order chi connectivity index (χ1) is 7.24. The summed E-state index contributed by atoms with van der Waals surface area (Å²) in [6.45, 7) is 1.91. The number of aromatic nitrogens is 4. The van der Waals surface area contributed by atoms with E-state index in [0.29, 0.717) is 16.9 Å². The number of nitrogens with zero attached hydrogens (tertiary/aromatic N) is 4. The van der Waals surface area contributed by atoms with Crippen molar-refractivity contribution < 1.29 is 4.79 Å². The molecular formula is C8H9N5OS. The molecule has 0 fully saturated rings. The number of nitrogen functional groups attached to an aromatic ring is 1. The van der Waals surface area contributed by atoms with Crippen molar-refractivity contribution in [2.75, 3.05) is 11.5 Å². The Hall–Kier alpha value is -1.63. The van der Waals surface area contributed by atoms with Crippen molar-refractivity contribution in [3.8, 4) is 0 Å². The summed E-state index contributed by atoms with van der Waals surface area (Å²) >= 11 is 1.19. The standard InChI is InChI=1S/C8H9N5OS/c1-2-15-8(14)13-4-12-5-6(9)10-3-11-7(5)13/h3-4H,2H2,1H3,(H2,9,10,11). The average Bonchev–Trinajstić information content (AvgIpc) is 2.63. The minimum absolute atomic E-state index is 0.113. The first kappa shape index (κ1) is 9.91. The summed E-state index contributed by atoms with van der Waals surface area (Å²) in [6, 6.07) is 0. The van der Waals surface area contributed by atoms with E-state index in [0.717, 1.165) is 0 Å². The van der Waals surface area contributed by atoms with Gasteiger partial charge in [-0.3, -0.25) is 4.79 Å². The Morgan fingerprint density at radius 2 is 2.33 bits per heavy atom. The maximum Gasteiger partial charge on any atom is 0.292 e. The average molecular weight is 223 g/mol. The molecule has 2 rings (SSSR count). The molecule has 2 aromatic heterocycles. The highest BCUT2D eigenvalue weighted by Gasteiger charge is 2.12. The van der Waals surface area contributed by atoms with E-state index >= 15 is 0 Å². The number of hydrogen-bond donors (Lipinski definition) is 1. The highest BCUT2D eigenvalue weighted by Crippen LogP contribution is 2.16. The second-order valence-corrected chi connectivity index (χ2v) is 3.96. The second-order valence-electron chi connectivity index (χ2n) is 2.74. The first-order valence-electron chi connectivity index (χ1n) is 4.34. The Morgan fingerprint density at radius 1 is 1.53 bits per heavy atom. The molecule has 0 aromatic carbocycles. The first-order valence-corrected chi connectivity index (χ1v) is 5.33. The van der Waals surface area contributed by atoms with E-state index in [1.54, 1.807) is 0 Å². The van der Waals surface area contributed by atoms with Crippen molar-refractivity contribution in [3.05, 3.63) is 12.7 Å². The number of fused-ring (bicyclic) bond motifs is 1. The Kier molecular flexibility index (Phi) is 2.55. The van der Waals surface area contributed by atoms with Gasteiger partial charge in [0.25, 0.3) is 5.24 Å². The number of hydrogen-bond acceptors (Lipinski definition) is 6. The van der Waals surface area contributed by atoms with E-state index in [2.05, 4.69) is 15.0 Å². The molecule has 78 valence electrons. The second kappa shape index (κ2) is 3.85. The zero-order valence-corrected chi connectivity index (χ0v) is 8.86. The van der Waals surface area contributed by atoms with Gasteiger partial charge in [-0.2, -0.15) is 0 Å². The van der Waals surface area contributed by atoms with Gasteiger partial charge in [-0.25, -0.2) is 19.5 Å². The molecule has 0 atom stereocenters. The third-order valence-electron chi connectivity index (χ3n) is 1.83. The van der Waals surface area contributed by atoms with Gasteiger partial charge in [-0.15, -0.1) is 0 Å². The summed E-state index contributed by atoms with van der Waals surface area (Å²) in [4.78, 5) is 23.4. The molecular weight excluding hydrogens is 214 g/mol. The van der Waals surface area contributed by atoms with Gasteiger partial charge in [0.05, 0.1) is 0 Å². The van der Waals surface area contributed by atoms with E-state index in [9.17, 15) is 4.79 Å². The normalized spacial score (nSPS) is 10.7. The quantitative estimate of drug-likeness (QED) is 0.779. The summed E-state index contributed by atoms with van der Waals surface area (Å²) in [7, 11) is 0. The van der Waals surface area contributed by atoms with Gasteiger partial charge < -0.3 is 5.73 Å². The molecule has 2 aromatic rings. The molecule has 0 aliphatic rings. The monoisotopic (exact) mass is 223 g/mol. The fraction of sp³-hybridized carbons (Fsp3) is 0.250. The summed E-state index contributed by atoms with van der Waals surface area (Å²) in [5.74, 6) is 0.993. The Balaban J connectivity index is 2.54. The lowest BCUT2D eigenvalue weighted by Gasteiger charge is -1.99. The summed E-state index contributed by atoms with van der Waals surface area (Å²) in [5, 5.41) is -0.113. The Morgan fingerprint density at radius 3 is 3.07 bits per heavy atom. The van der Waals surface area contributed by atoms with Gasteiger partial charge >= 0.3 is 0 Å². The number of imidazole rings is 1. The molecule has 2 heterocycles. The van der Waals surface area contributed by atoms with Crippen LogP contribution in [0.15, 0.2) is 12.7 Å². The van der Waals surface area contributed by atoms with Gasteiger partial charge in [0.15, 0.2) is 17.0 Å². The number of anilines is 1. The van der Waals surface area contributed by atoms with Crippen molar-refractivity contribution in [2.45, 2.75) is 6.92 Å². The molecule has 0 amide bonds.